The molecule has 3 aromatic carbocycles. The Morgan fingerprint density at radius 1 is 0.900 bits per heavy atom. The van der Waals surface area contributed by atoms with Crippen molar-refractivity contribution in [3.8, 4) is 34.2 Å². The SMILES string of the molecule is COc1ccc(-c2cc(C(=O)N3CCN(Cc4ccc5c(c4)OCO5)CC3)c(C)n2-c2ccc(F)cc2F)cc1. The van der Waals surface area contributed by atoms with Crippen molar-refractivity contribution >= 4 is 5.91 Å². The molecule has 4 aromatic rings. The third kappa shape index (κ3) is 4.88. The summed E-state index contributed by atoms with van der Waals surface area (Å²) >= 11 is 0. The summed E-state index contributed by atoms with van der Waals surface area (Å²) < 4.78 is 46.6. The van der Waals surface area contributed by atoms with Gasteiger partial charge >= 0.3 is 0 Å². The number of piperazine rings is 1. The van der Waals surface area contributed by atoms with E-state index in [4.69, 9.17) is 14.2 Å². The smallest absolute Gasteiger partial charge is 0.255 e. The van der Waals surface area contributed by atoms with Gasteiger partial charge in [-0.1, -0.05) is 6.07 Å². The van der Waals surface area contributed by atoms with Gasteiger partial charge in [0.05, 0.1) is 24.1 Å². The molecule has 0 atom stereocenters. The second-order valence-corrected chi connectivity index (χ2v) is 9.94. The highest BCUT2D eigenvalue weighted by Gasteiger charge is 2.27. The number of rotatable bonds is 6. The van der Waals surface area contributed by atoms with Crippen molar-refractivity contribution in [2.75, 3.05) is 40.1 Å². The maximum atomic E-state index is 15.0. The van der Waals surface area contributed by atoms with E-state index in [1.165, 1.54) is 12.1 Å². The lowest BCUT2D eigenvalue weighted by Gasteiger charge is -2.34. The Bertz CT molecular complexity index is 1560. The van der Waals surface area contributed by atoms with Crippen LogP contribution in [0, 0.1) is 18.6 Å². The average molecular weight is 546 g/mol. The van der Waals surface area contributed by atoms with Crippen molar-refractivity contribution in [2.45, 2.75) is 13.5 Å². The van der Waals surface area contributed by atoms with E-state index in [-0.39, 0.29) is 18.4 Å². The standard InChI is InChI=1S/C31H29F2N3O4/c1-20-25(31(37)35-13-11-34(12-14-35)18-21-3-10-29-30(15-21)40-19-39-29)17-28(22-4-7-24(38-2)8-5-22)36(20)27-9-6-23(32)16-26(27)33/h3-10,15-17H,11-14,18-19H2,1-2H3. The molecule has 9 heteroatoms. The minimum absolute atomic E-state index is 0.115. The van der Waals surface area contributed by atoms with Gasteiger partial charge in [-0.15, -0.1) is 0 Å². The zero-order valence-electron chi connectivity index (χ0n) is 22.3. The Morgan fingerprint density at radius 3 is 2.38 bits per heavy atom. The number of aromatic nitrogens is 1. The monoisotopic (exact) mass is 545 g/mol. The van der Waals surface area contributed by atoms with Crippen molar-refractivity contribution in [3.63, 3.8) is 0 Å². The molecule has 1 fully saturated rings. The van der Waals surface area contributed by atoms with Crippen molar-refractivity contribution in [3.05, 3.63) is 95.2 Å². The van der Waals surface area contributed by atoms with Crippen LogP contribution < -0.4 is 14.2 Å². The Balaban J connectivity index is 1.25. The Morgan fingerprint density at radius 2 is 1.65 bits per heavy atom. The van der Waals surface area contributed by atoms with Gasteiger partial charge in [-0.25, -0.2) is 8.78 Å². The Kier molecular flexibility index (Phi) is 6.89. The van der Waals surface area contributed by atoms with Gasteiger partial charge in [0.15, 0.2) is 11.5 Å². The highest BCUT2D eigenvalue weighted by atomic mass is 19.1. The molecule has 3 heterocycles. The molecule has 0 spiro atoms. The summed E-state index contributed by atoms with van der Waals surface area (Å²) in [5.74, 6) is 0.724. The lowest BCUT2D eigenvalue weighted by atomic mass is 10.1. The van der Waals surface area contributed by atoms with Crippen molar-refractivity contribution in [2.24, 2.45) is 0 Å². The first-order chi connectivity index (χ1) is 19.4. The maximum absolute atomic E-state index is 15.0. The van der Waals surface area contributed by atoms with Gasteiger partial charge in [0, 0.05) is 44.5 Å². The van der Waals surface area contributed by atoms with Crippen molar-refractivity contribution in [1.29, 1.82) is 0 Å². The summed E-state index contributed by atoms with van der Waals surface area (Å²) in [6.07, 6.45) is 0. The lowest BCUT2D eigenvalue weighted by molar-refractivity contribution is 0.0627. The predicted molar refractivity (Wildman–Crippen MR) is 146 cm³/mol. The van der Waals surface area contributed by atoms with Gasteiger partial charge in [0.1, 0.15) is 17.4 Å². The van der Waals surface area contributed by atoms with Crippen LogP contribution in [0.15, 0.2) is 66.7 Å². The molecule has 2 aliphatic heterocycles. The first-order valence-corrected chi connectivity index (χ1v) is 13.1. The average Bonchev–Trinajstić information content (AvgIpc) is 3.57. The molecule has 206 valence electrons. The quantitative estimate of drug-likeness (QED) is 0.324. The summed E-state index contributed by atoms with van der Waals surface area (Å²) in [7, 11) is 1.58. The molecule has 0 aliphatic carbocycles. The van der Waals surface area contributed by atoms with Crippen LogP contribution in [-0.4, -0.2) is 60.4 Å². The van der Waals surface area contributed by atoms with Crippen LogP contribution in [0.4, 0.5) is 8.78 Å². The topological polar surface area (TPSA) is 56.2 Å². The zero-order chi connectivity index (χ0) is 27.8. The van der Waals surface area contributed by atoms with Gasteiger partial charge in [0.25, 0.3) is 5.91 Å². The van der Waals surface area contributed by atoms with Crippen LogP contribution in [0.2, 0.25) is 0 Å². The van der Waals surface area contributed by atoms with E-state index in [1.54, 1.807) is 24.7 Å². The fourth-order valence-electron chi connectivity index (χ4n) is 5.35. The van der Waals surface area contributed by atoms with E-state index in [9.17, 15) is 13.6 Å². The number of carbonyl (C=O) groups excluding carboxylic acids is 1. The summed E-state index contributed by atoms with van der Waals surface area (Å²) in [5, 5.41) is 0. The van der Waals surface area contributed by atoms with E-state index in [2.05, 4.69) is 4.90 Å². The first-order valence-electron chi connectivity index (χ1n) is 13.1. The number of benzene rings is 3. The molecule has 1 amide bonds. The highest BCUT2D eigenvalue weighted by molar-refractivity contribution is 5.97. The molecule has 40 heavy (non-hydrogen) atoms. The Hall–Kier alpha value is -4.37. The second-order valence-electron chi connectivity index (χ2n) is 9.94. The molecular weight excluding hydrogens is 516 g/mol. The van der Waals surface area contributed by atoms with E-state index in [0.717, 1.165) is 48.3 Å². The summed E-state index contributed by atoms with van der Waals surface area (Å²) in [6.45, 7) is 5.36. The van der Waals surface area contributed by atoms with Crippen LogP contribution in [0.5, 0.6) is 17.2 Å². The fraction of sp³-hybridized carbons (Fsp3) is 0.258. The highest BCUT2D eigenvalue weighted by Crippen LogP contribution is 2.34. The largest absolute Gasteiger partial charge is 0.497 e. The van der Waals surface area contributed by atoms with E-state index in [0.29, 0.717) is 35.8 Å². The molecule has 0 unspecified atom stereocenters. The number of amides is 1. The second kappa shape index (κ2) is 10.7. The molecule has 7 nitrogen and oxygen atoms in total. The van der Waals surface area contributed by atoms with E-state index >= 15 is 0 Å². The third-order valence-corrected chi connectivity index (χ3v) is 7.52. The molecule has 2 aliphatic rings. The minimum Gasteiger partial charge on any atom is -0.497 e. The van der Waals surface area contributed by atoms with Crippen LogP contribution in [-0.2, 0) is 6.54 Å². The molecule has 0 N–H and O–H groups in total. The molecule has 0 radical (unpaired) electrons. The van der Waals surface area contributed by atoms with Crippen molar-refractivity contribution < 1.29 is 27.8 Å². The van der Waals surface area contributed by atoms with Gasteiger partial charge in [-0.2, -0.15) is 0 Å². The molecular formula is C31H29F2N3O4. The van der Waals surface area contributed by atoms with Gasteiger partial charge in [-0.3, -0.25) is 9.69 Å². The lowest BCUT2D eigenvalue weighted by Crippen LogP contribution is -2.48. The van der Waals surface area contributed by atoms with Crippen molar-refractivity contribution in [1.82, 2.24) is 14.4 Å². The number of carbonyl (C=O) groups is 1. The predicted octanol–water partition coefficient (Wildman–Crippen LogP) is 5.43. The summed E-state index contributed by atoms with van der Waals surface area (Å²) in [5.41, 5.74) is 3.79. The molecule has 0 saturated carbocycles. The van der Waals surface area contributed by atoms with Crippen LogP contribution in [0.1, 0.15) is 21.6 Å². The Labute approximate surface area is 231 Å². The molecule has 1 saturated heterocycles. The number of halogens is 2. The van der Waals surface area contributed by atoms with E-state index < -0.39 is 11.6 Å². The number of methoxy groups -OCH3 is 1. The minimum atomic E-state index is -0.704. The summed E-state index contributed by atoms with van der Waals surface area (Å²) in [4.78, 5) is 17.9. The maximum Gasteiger partial charge on any atom is 0.255 e. The van der Waals surface area contributed by atoms with Gasteiger partial charge < -0.3 is 23.7 Å². The van der Waals surface area contributed by atoms with Crippen LogP contribution >= 0.6 is 0 Å². The number of nitrogens with zero attached hydrogens (tertiary/aromatic N) is 3. The summed E-state index contributed by atoms with van der Waals surface area (Å²) in [6, 6.07) is 18.6. The van der Waals surface area contributed by atoms with Gasteiger partial charge in [-0.05, 0) is 72.6 Å². The normalized spacial score (nSPS) is 14.9. The van der Waals surface area contributed by atoms with Gasteiger partial charge in [0.2, 0.25) is 6.79 Å². The fourth-order valence-corrected chi connectivity index (χ4v) is 5.35. The van der Waals surface area contributed by atoms with E-state index in [1.807, 2.05) is 47.4 Å². The number of hydrogen-bond donors (Lipinski definition) is 0. The number of ether oxygens (including phenoxy) is 3. The van der Waals surface area contributed by atoms with Crippen LogP contribution in [0.25, 0.3) is 16.9 Å². The first kappa shape index (κ1) is 25.9. The molecule has 0 bridgehead atoms. The molecule has 1 aromatic heterocycles. The number of hydrogen-bond acceptors (Lipinski definition) is 5. The zero-order valence-corrected chi connectivity index (χ0v) is 22.3. The molecule has 6 rings (SSSR count). The third-order valence-electron chi connectivity index (χ3n) is 7.52. The number of fused-ring (bicyclic) bond motifs is 1. The van der Waals surface area contributed by atoms with Crippen LogP contribution in [0.3, 0.4) is 0 Å².